The predicted molar refractivity (Wildman–Crippen MR) is 118 cm³/mol. The molecule has 2 unspecified atom stereocenters. The first-order valence-electron chi connectivity index (χ1n) is 11.3. The van der Waals surface area contributed by atoms with Crippen molar-refractivity contribution in [3.63, 3.8) is 0 Å². The number of hydrogen-bond donors (Lipinski definition) is 0. The highest BCUT2D eigenvalue weighted by Gasteiger charge is 2.15. The van der Waals surface area contributed by atoms with Crippen molar-refractivity contribution in [3.05, 3.63) is 35.9 Å². The Labute approximate surface area is 176 Å². The predicted octanol–water partition coefficient (Wildman–Crippen LogP) is 8.10. The first-order valence-corrected chi connectivity index (χ1v) is 11.3. The van der Waals surface area contributed by atoms with Crippen LogP contribution in [0, 0.1) is 23.5 Å². The van der Waals surface area contributed by atoms with Crippen LogP contribution in [0.2, 0.25) is 0 Å². The third-order valence-electron chi connectivity index (χ3n) is 5.50. The quantitative estimate of drug-likeness (QED) is 0.202. The summed E-state index contributed by atoms with van der Waals surface area (Å²) < 4.78 is 37.9. The van der Waals surface area contributed by atoms with Gasteiger partial charge in [0.1, 0.15) is 0 Å². The molecule has 0 spiro atoms. The molecule has 0 bridgehead atoms. The zero-order valence-electron chi connectivity index (χ0n) is 18.8. The van der Waals surface area contributed by atoms with E-state index in [-0.39, 0.29) is 11.5 Å². The minimum atomic E-state index is -0.993. The van der Waals surface area contributed by atoms with E-state index in [4.69, 9.17) is 9.47 Å². The van der Waals surface area contributed by atoms with Crippen LogP contribution in [-0.2, 0) is 0 Å². The molecule has 0 aliphatic carbocycles. The third-order valence-corrected chi connectivity index (χ3v) is 5.50. The molecular formula is C25H40F2O2. The standard InChI is InChI=1S/C25H40F2O2/c1-5-11-20(12-6-2)15-10-16-21(13-7-3)14-8-9-19-29-23-18-17-22(28-4)24(26)25(23)27/h5,11,17-18,20-21H,6-10,12-16,19H2,1-4H3/b11-5+. The summed E-state index contributed by atoms with van der Waals surface area (Å²) in [5, 5.41) is 0. The number of ether oxygens (including phenoxy) is 2. The van der Waals surface area contributed by atoms with Crippen molar-refractivity contribution in [3.8, 4) is 11.5 Å². The molecule has 0 radical (unpaired) electrons. The molecule has 0 N–H and O–H groups in total. The molecule has 0 fully saturated rings. The Morgan fingerprint density at radius 3 is 2.17 bits per heavy atom. The van der Waals surface area contributed by atoms with Crippen molar-refractivity contribution in [2.24, 2.45) is 11.8 Å². The van der Waals surface area contributed by atoms with Crippen LogP contribution in [0.25, 0.3) is 0 Å². The molecule has 1 aromatic carbocycles. The molecule has 0 saturated heterocycles. The van der Waals surface area contributed by atoms with Gasteiger partial charge in [-0.3, -0.25) is 0 Å². The van der Waals surface area contributed by atoms with Gasteiger partial charge in [0.15, 0.2) is 11.5 Å². The maximum atomic E-state index is 13.9. The largest absolute Gasteiger partial charge is 0.494 e. The number of unbranched alkanes of at least 4 members (excludes halogenated alkanes) is 1. The third kappa shape index (κ3) is 9.64. The van der Waals surface area contributed by atoms with Gasteiger partial charge in [-0.15, -0.1) is 0 Å². The highest BCUT2D eigenvalue weighted by molar-refractivity contribution is 5.34. The van der Waals surface area contributed by atoms with E-state index >= 15 is 0 Å². The Morgan fingerprint density at radius 1 is 0.862 bits per heavy atom. The molecule has 2 atom stereocenters. The summed E-state index contributed by atoms with van der Waals surface area (Å²) in [6.07, 6.45) is 16.5. The Bertz CT molecular complexity index is 586. The first-order chi connectivity index (χ1) is 14.1. The molecule has 0 saturated carbocycles. The molecule has 0 heterocycles. The summed E-state index contributed by atoms with van der Waals surface area (Å²) in [6.45, 7) is 7.01. The van der Waals surface area contributed by atoms with Gasteiger partial charge in [-0.2, -0.15) is 8.78 Å². The highest BCUT2D eigenvalue weighted by Crippen LogP contribution is 2.28. The summed E-state index contributed by atoms with van der Waals surface area (Å²) in [5.74, 6) is -0.640. The molecule has 166 valence electrons. The molecule has 4 heteroatoms. The minimum absolute atomic E-state index is 0.0423. The van der Waals surface area contributed by atoms with E-state index in [0.29, 0.717) is 6.61 Å². The molecule has 1 aromatic rings. The molecular weight excluding hydrogens is 370 g/mol. The van der Waals surface area contributed by atoms with Crippen LogP contribution in [0.15, 0.2) is 24.3 Å². The van der Waals surface area contributed by atoms with Crippen LogP contribution in [0.1, 0.15) is 85.0 Å². The molecule has 0 aliphatic heterocycles. The lowest BCUT2D eigenvalue weighted by Crippen LogP contribution is -2.05. The first kappa shape index (κ1) is 25.5. The number of halogens is 2. The van der Waals surface area contributed by atoms with Crippen LogP contribution in [0.4, 0.5) is 8.78 Å². The fourth-order valence-corrected chi connectivity index (χ4v) is 3.99. The van der Waals surface area contributed by atoms with Crippen LogP contribution in [0.3, 0.4) is 0 Å². The van der Waals surface area contributed by atoms with Gasteiger partial charge in [0.05, 0.1) is 13.7 Å². The summed E-state index contributed by atoms with van der Waals surface area (Å²) in [7, 11) is 1.32. The van der Waals surface area contributed by atoms with Crippen LogP contribution in [0.5, 0.6) is 11.5 Å². The zero-order valence-corrected chi connectivity index (χ0v) is 18.8. The second-order valence-corrected chi connectivity index (χ2v) is 7.90. The summed E-state index contributed by atoms with van der Waals surface area (Å²) >= 11 is 0. The smallest absolute Gasteiger partial charge is 0.204 e. The summed E-state index contributed by atoms with van der Waals surface area (Å²) in [4.78, 5) is 0. The fourth-order valence-electron chi connectivity index (χ4n) is 3.99. The van der Waals surface area contributed by atoms with E-state index in [1.165, 1.54) is 70.6 Å². The Balaban J connectivity index is 2.33. The molecule has 0 aliphatic rings. The van der Waals surface area contributed by atoms with Crippen molar-refractivity contribution in [1.82, 2.24) is 0 Å². The minimum Gasteiger partial charge on any atom is -0.494 e. The lowest BCUT2D eigenvalue weighted by Gasteiger charge is -2.18. The normalized spacial score (nSPS) is 13.6. The van der Waals surface area contributed by atoms with Crippen molar-refractivity contribution in [2.75, 3.05) is 13.7 Å². The Kier molecular flexibility index (Phi) is 13.4. The monoisotopic (exact) mass is 410 g/mol. The van der Waals surface area contributed by atoms with E-state index in [1.54, 1.807) is 0 Å². The molecule has 0 amide bonds. The lowest BCUT2D eigenvalue weighted by molar-refractivity contribution is 0.273. The van der Waals surface area contributed by atoms with Gasteiger partial charge in [-0.25, -0.2) is 0 Å². The fraction of sp³-hybridized carbons (Fsp3) is 0.680. The number of rotatable bonds is 16. The zero-order chi connectivity index (χ0) is 21.5. The molecule has 2 nitrogen and oxygen atoms in total. The topological polar surface area (TPSA) is 18.5 Å². The number of allylic oxidation sites excluding steroid dienone is 2. The van der Waals surface area contributed by atoms with E-state index in [0.717, 1.165) is 24.7 Å². The van der Waals surface area contributed by atoms with Crippen LogP contribution >= 0.6 is 0 Å². The van der Waals surface area contributed by atoms with E-state index < -0.39 is 11.6 Å². The van der Waals surface area contributed by atoms with E-state index in [9.17, 15) is 8.78 Å². The van der Waals surface area contributed by atoms with Gasteiger partial charge in [0.2, 0.25) is 11.6 Å². The maximum absolute atomic E-state index is 13.9. The highest BCUT2D eigenvalue weighted by atomic mass is 19.2. The van der Waals surface area contributed by atoms with Crippen molar-refractivity contribution in [2.45, 2.75) is 85.0 Å². The van der Waals surface area contributed by atoms with Gasteiger partial charge >= 0.3 is 0 Å². The van der Waals surface area contributed by atoms with Gasteiger partial charge in [-0.05, 0) is 56.6 Å². The molecule has 0 aromatic heterocycles. The van der Waals surface area contributed by atoms with Gasteiger partial charge < -0.3 is 9.47 Å². The second kappa shape index (κ2) is 15.3. The number of benzene rings is 1. The number of methoxy groups -OCH3 is 1. The van der Waals surface area contributed by atoms with Gasteiger partial charge in [-0.1, -0.05) is 64.5 Å². The van der Waals surface area contributed by atoms with E-state index in [2.05, 4.69) is 32.9 Å². The summed E-state index contributed by atoms with van der Waals surface area (Å²) in [6, 6.07) is 2.82. The van der Waals surface area contributed by atoms with Crippen molar-refractivity contribution < 1.29 is 18.3 Å². The molecule has 29 heavy (non-hydrogen) atoms. The molecule has 1 rings (SSSR count). The lowest BCUT2D eigenvalue weighted by atomic mass is 9.89. The SMILES string of the molecule is C/C=C/C(CCC)CCCC(CCC)CCCCOc1ccc(OC)c(F)c1F. The van der Waals surface area contributed by atoms with Gasteiger partial charge in [0, 0.05) is 0 Å². The Morgan fingerprint density at radius 2 is 1.52 bits per heavy atom. The maximum Gasteiger partial charge on any atom is 0.204 e. The van der Waals surface area contributed by atoms with E-state index in [1.807, 2.05) is 0 Å². The summed E-state index contributed by atoms with van der Waals surface area (Å²) in [5.41, 5.74) is 0. The van der Waals surface area contributed by atoms with Crippen LogP contribution < -0.4 is 9.47 Å². The Hall–Kier alpha value is -1.58. The van der Waals surface area contributed by atoms with Crippen molar-refractivity contribution in [1.29, 1.82) is 0 Å². The van der Waals surface area contributed by atoms with Crippen molar-refractivity contribution >= 4 is 0 Å². The average molecular weight is 411 g/mol. The second-order valence-electron chi connectivity index (χ2n) is 7.90. The van der Waals surface area contributed by atoms with Crippen LogP contribution in [-0.4, -0.2) is 13.7 Å². The van der Waals surface area contributed by atoms with Gasteiger partial charge in [0.25, 0.3) is 0 Å². The average Bonchev–Trinajstić information content (AvgIpc) is 2.71. The number of hydrogen-bond acceptors (Lipinski definition) is 2.